The summed E-state index contributed by atoms with van der Waals surface area (Å²) in [5.74, 6) is 0. The van der Waals surface area contributed by atoms with Crippen LogP contribution in [0.4, 0.5) is 0 Å². The zero-order chi connectivity index (χ0) is 10.4. The molecule has 2 nitrogen and oxygen atoms in total. The average Bonchev–Trinajstić information content (AvgIpc) is 2.18. The van der Waals surface area contributed by atoms with Gasteiger partial charge in [0.2, 0.25) is 0 Å². The van der Waals surface area contributed by atoms with Gasteiger partial charge in [-0.15, -0.1) is 6.58 Å². The third-order valence-corrected chi connectivity index (χ3v) is 3.15. The first-order valence-corrected chi connectivity index (χ1v) is 5.83. The zero-order valence-corrected chi connectivity index (χ0v) is 9.63. The van der Waals surface area contributed by atoms with Crippen molar-refractivity contribution in [3.63, 3.8) is 0 Å². The Morgan fingerprint density at radius 3 is 3.00 bits per heavy atom. The lowest BCUT2D eigenvalue weighted by molar-refractivity contribution is 0.114. The van der Waals surface area contributed by atoms with Gasteiger partial charge in [0.15, 0.2) is 0 Å². The molecule has 1 saturated heterocycles. The Labute approximate surface area is 88.4 Å². The second kappa shape index (κ2) is 6.20. The molecule has 1 N–H and O–H groups in total. The molecular weight excluding hydrogens is 172 g/mol. The smallest absolute Gasteiger partial charge is 0.0195 e. The van der Waals surface area contributed by atoms with Gasteiger partial charge in [-0.25, -0.2) is 0 Å². The molecule has 0 aromatic rings. The Kier molecular flexibility index (Phi) is 5.20. The standard InChI is InChI=1S/C12H24N2/c1-4-8-13-10-12(3)14-9-6-5-7-11(14)2/h4,11-13H,1,5-10H2,2-3H3. The quantitative estimate of drug-likeness (QED) is 0.534. The fourth-order valence-electron chi connectivity index (χ4n) is 2.29. The van der Waals surface area contributed by atoms with Crippen LogP contribution in [0.5, 0.6) is 0 Å². The molecule has 1 rings (SSSR count). The average molecular weight is 196 g/mol. The topological polar surface area (TPSA) is 15.3 Å². The van der Waals surface area contributed by atoms with Crippen LogP contribution >= 0.6 is 0 Å². The Morgan fingerprint density at radius 2 is 2.36 bits per heavy atom. The highest BCUT2D eigenvalue weighted by atomic mass is 15.2. The summed E-state index contributed by atoms with van der Waals surface area (Å²) in [7, 11) is 0. The summed E-state index contributed by atoms with van der Waals surface area (Å²) < 4.78 is 0. The fourth-order valence-corrected chi connectivity index (χ4v) is 2.29. The third-order valence-electron chi connectivity index (χ3n) is 3.15. The summed E-state index contributed by atoms with van der Waals surface area (Å²) in [5, 5.41) is 3.39. The molecule has 0 saturated carbocycles. The van der Waals surface area contributed by atoms with Crippen molar-refractivity contribution in [2.45, 2.75) is 45.2 Å². The first kappa shape index (κ1) is 11.7. The summed E-state index contributed by atoms with van der Waals surface area (Å²) in [6, 6.07) is 1.43. The van der Waals surface area contributed by atoms with Crippen molar-refractivity contribution < 1.29 is 0 Å². The molecule has 0 spiro atoms. The Hall–Kier alpha value is -0.340. The van der Waals surface area contributed by atoms with Crippen molar-refractivity contribution in [2.24, 2.45) is 0 Å². The summed E-state index contributed by atoms with van der Waals surface area (Å²) in [5.41, 5.74) is 0. The van der Waals surface area contributed by atoms with Crippen LogP contribution in [0.15, 0.2) is 12.7 Å². The number of rotatable bonds is 5. The van der Waals surface area contributed by atoms with E-state index < -0.39 is 0 Å². The number of hydrogen-bond acceptors (Lipinski definition) is 2. The molecule has 2 unspecified atom stereocenters. The van der Waals surface area contributed by atoms with E-state index in [1.807, 2.05) is 6.08 Å². The van der Waals surface area contributed by atoms with Crippen molar-refractivity contribution in [3.05, 3.63) is 12.7 Å². The normalized spacial score (nSPS) is 26.0. The van der Waals surface area contributed by atoms with Crippen molar-refractivity contribution in [1.82, 2.24) is 10.2 Å². The molecule has 0 aromatic heterocycles. The second-order valence-electron chi connectivity index (χ2n) is 4.38. The zero-order valence-electron chi connectivity index (χ0n) is 9.63. The van der Waals surface area contributed by atoms with Crippen LogP contribution in [0, 0.1) is 0 Å². The molecule has 2 atom stereocenters. The van der Waals surface area contributed by atoms with Gasteiger partial charge in [-0.3, -0.25) is 4.90 Å². The number of nitrogens with one attached hydrogen (secondary N) is 1. The van der Waals surface area contributed by atoms with Crippen LogP contribution in [0.2, 0.25) is 0 Å². The molecule has 14 heavy (non-hydrogen) atoms. The molecule has 1 fully saturated rings. The van der Waals surface area contributed by atoms with Crippen molar-refractivity contribution >= 4 is 0 Å². The summed E-state index contributed by atoms with van der Waals surface area (Å²) in [4.78, 5) is 2.62. The predicted octanol–water partition coefficient (Wildman–Crippen LogP) is 2.02. The van der Waals surface area contributed by atoms with Gasteiger partial charge in [-0.2, -0.15) is 0 Å². The van der Waals surface area contributed by atoms with Gasteiger partial charge in [0.1, 0.15) is 0 Å². The number of piperidine rings is 1. The van der Waals surface area contributed by atoms with Gasteiger partial charge in [0.25, 0.3) is 0 Å². The Morgan fingerprint density at radius 1 is 1.57 bits per heavy atom. The van der Waals surface area contributed by atoms with Crippen molar-refractivity contribution in [3.8, 4) is 0 Å². The van der Waals surface area contributed by atoms with Gasteiger partial charge in [0.05, 0.1) is 0 Å². The predicted molar refractivity (Wildman–Crippen MR) is 62.5 cm³/mol. The highest BCUT2D eigenvalue weighted by molar-refractivity contribution is 4.80. The molecular formula is C12H24N2. The summed E-state index contributed by atoms with van der Waals surface area (Å²) in [6.45, 7) is 11.7. The first-order valence-electron chi connectivity index (χ1n) is 5.83. The minimum Gasteiger partial charge on any atom is -0.312 e. The van der Waals surface area contributed by atoms with E-state index in [9.17, 15) is 0 Å². The van der Waals surface area contributed by atoms with Gasteiger partial charge < -0.3 is 5.32 Å². The SMILES string of the molecule is C=CCNCC(C)N1CCCCC1C. The van der Waals surface area contributed by atoms with Crippen LogP contribution in [-0.2, 0) is 0 Å². The molecule has 82 valence electrons. The molecule has 1 aliphatic heterocycles. The Bertz CT molecular complexity index is 168. The maximum absolute atomic E-state index is 3.71. The van der Waals surface area contributed by atoms with E-state index >= 15 is 0 Å². The minimum atomic E-state index is 0.658. The van der Waals surface area contributed by atoms with Gasteiger partial charge >= 0.3 is 0 Å². The molecule has 1 aliphatic rings. The van der Waals surface area contributed by atoms with Crippen LogP contribution in [-0.4, -0.2) is 36.6 Å². The van der Waals surface area contributed by atoms with Crippen LogP contribution in [0.3, 0.4) is 0 Å². The van der Waals surface area contributed by atoms with Gasteiger partial charge in [0, 0.05) is 25.2 Å². The molecule has 1 heterocycles. The molecule has 0 amide bonds. The number of nitrogens with zero attached hydrogens (tertiary/aromatic N) is 1. The lowest BCUT2D eigenvalue weighted by Crippen LogP contribution is -2.47. The van der Waals surface area contributed by atoms with E-state index in [0.717, 1.165) is 19.1 Å². The van der Waals surface area contributed by atoms with E-state index in [1.165, 1.54) is 25.8 Å². The molecule has 2 heteroatoms. The summed E-state index contributed by atoms with van der Waals surface area (Å²) >= 11 is 0. The van der Waals surface area contributed by atoms with E-state index in [0.29, 0.717) is 6.04 Å². The molecule has 0 aliphatic carbocycles. The highest BCUT2D eigenvalue weighted by Crippen LogP contribution is 2.18. The fraction of sp³-hybridized carbons (Fsp3) is 0.833. The third kappa shape index (κ3) is 3.43. The van der Waals surface area contributed by atoms with Gasteiger partial charge in [-0.1, -0.05) is 12.5 Å². The van der Waals surface area contributed by atoms with Gasteiger partial charge in [-0.05, 0) is 33.2 Å². The maximum Gasteiger partial charge on any atom is 0.0195 e. The number of hydrogen-bond donors (Lipinski definition) is 1. The molecule has 0 radical (unpaired) electrons. The van der Waals surface area contributed by atoms with Crippen molar-refractivity contribution in [2.75, 3.05) is 19.6 Å². The highest BCUT2D eigenvalue weighted by Gasteiger charge is 2.22. The first-order chi connectivity index (χ1) is 6.75. The largest absolute Gasteiger partial charge is 0.312 e. The molecule has 0 bridgehead atoms. The maximum atomic E-state index is 3.71. The Balaban J connectivity index is 2.26. The minimum absolute atomic E-state index is 0.658. The van der Waals surface area contributed by atoms with Crippen molar-refractivity contribution in [1.29, 1.82) is 0 Å². The summed E-state index contributed by atoms with van der Waals surface area (Å²) in [6.07, 6.45) is 6.07. The second-order valence-corrected chi connectivity index (χ2v) is 4.38. The van der Waals surface area contributed by atoms with Crippen LogP contribution < -0.4 is 5.32 Å². The lowest BCUT2D eigenvalue weighted by Gasteiger charge is -2.38. The lowest BCUT2D eigenvalue weighted by atomic mass is 10.0. The molecule has 0 aromatic carbocycles. The van der Waals surface area contributed by atoms with E-state index in [4.69, 9.17) is 0 Å². The van der Waals surface area contributed by atoms with E-state index in [1.54, 1.807) is 0 Å². The van der Waals surface area contributed by atoms with E-state index in [2.05, 4.69) is 30.6 Å². The monoisotopic (exact) mass is 196 g/mol. The number of likely N-dealkylation sites (tertiary alicyclic amines) is 1. The van der Waals surface area contributed by atoms with E-state index in [-0.39, 0.29) is 0 Å². The van der Waals surface area contributed by atoms with Crippen LogP contribution in [0.25, 0.3) is 0 Å². The van der Waals surface area contributed by atoms with Crippen LogP contribution in [0.1, 0.15) is 33.1 Å².